The number of halogens is 1. The van der Waals surface area contributed by atoms with Crippen molar-refractivity contribution in [3.05, 3.63) is 52.6 Å². The molecule has 0 saturated carbocycles. The van der Waals surface area contributed by atoms with Crippen LogP contribution in [0, 0.1) is 5.82 Å². The lowest BCUT2D eigenvalue weighted by Crippen LogP contribution is -2.44. The Balaban J connectivity index is 1.59. The van der Waals surface area contributed by atoms with E-state index in [1.165, 1.54) is 35.8 Å². The van der Waals surface area contributed by atoms with Crippen molar-refractivity contribution in [1.82, 2.24) is 20.0 Å². The first-order valence-electron chi connectivity index (χ1n) is 11.7. The number of fused-ring (bicyclic) bond motifs is 1. The van der Waals surface area contributed by atoms with E-state index in [4.69, 9.17) is 4.74 Å². The predicted molar refractivity (Wildman–Crippen MR) is 122 cm³/mol. The molecule has 3 amide bonds. The molecule has 1 fully saturated rings. The molecule has 4 rings (SSSR count). The normalized spacial score (nSPS) is 20.4. The Kier molecular flexibility index (Phi) is 7.11. The first-order valence-corrected chi connectivity index (χ1v) is 11.7. The van der Waals surface area contributed by atoms with Crippen LogP contribution in [0.4, 0.5) is 4.39 Å². The summed E-state index contributed by atoms with van der Waals surface area (Å²) in [5, 5.41) is 7.54. The number of benzene rings is 1. The fraction of sp³-hybridized carbons (Fsp3) is 0.520. The third-order valence-electron chi connectivity index (χ3n) is 6.97. The molecule has 2 aliphatic rings. The van der Waals surface area contributed by atoms with Crippen LogP contribution in [0.15, 0.2) is 24.3 Å². The van der Waals surface area contributed by atoms with E-state index >= 15 is 0 Å². The molecule has 8 nitrogen and oxygen atoms in total. The highest BCUT2D eigenvalue weighted by atomic mass is 19.1. The summed E-state index contributed by atoms with van der Waals surface area (Å²) in [7, 11) is 3.13. The first-order chi connectivity index (χ1) is 16.4. The number of aryl methyl sites for hydroxylation is 1. The minimum absolute atomic E-state index is 0.0633. The van der Waals surface area contributed by atoms with Crippen molar-refractivity contribution in [2.45, 2.75) is 56.9 Å². The van der Waals surface area contributed by atoms with Gasteiger partial charge in [0.05, 0.1) is 30.8 Å². The lowest BCUT2D eigenvalue weighted by atomic mass is 9.75. The highest BCUT2D eigenvalue weighted by Crippen LogP contribution is 2.41. The van der Waals surface area contributed by atoms with Crippen LogP contribution >= 0.6 is 0 Å². The van der Waals surface area contributed by atoms with E-state index in [2.05, 4.69) is 10.2 Å². The molecule has 1 unspecified atom stereocenters. The van der Waals surface area contributed by atoms with Gasteiger partial charge in [0.25, 0.3) is 0 Å². The summed E-state index contributed by atoms with van der Waals surface area (Å²) < 4.78 is 19.9. The van der Waals surface area contributed by atoms with Crippen molar-refractivity contribution in [1.29, 1.82) is 0 Å². The number of imide groups is 1. The molecule has 0 spiro atoms. The number of rotatable bonds is 8. The van der Waals surface area contributed by atoms with Crippen molar-refractivity contribution in [2.24, 2.45) is 0 Å². The van der Waals surface area contributed by atoms with E-state index in [-0.39, 0.29) is 44.0 Å². The number of likely N-dealkylation sites (tertiary alicyclic amines) is 1. The summed E-state index contributed by atoms with van der Waals surface area (Å²) in [5.41, 5.74) is 1.61. The molecule has 0 radical (unpaired) electrons. The van der Waals surface area contributed by atoms with Gasteiger partial charge in [0, 0.05) is 38.3 Å². The van der Waals surface area contributed by atoms with Gasteiger partial charge in [-0.25, -0.2) is 4.39 Å². The van der Waals surface area contributed by atoms with Crippen molar-refractivity contribution in [3.8, 4) is 0 Å². The number of carbonyl (C=O) groups excluding carboxylic acids is 3. The molecule has 9 heteroatoms. The van der Waals surface area contributed by atoms with Gasteiger partial charge in [-0.1, -0.05) is 24.6 Å². The molecule has 1 aliphatic carbocycles. The van der Waals surface area contributed by atoms with Gasteiger partial charge in [0.1, 0.15) is 5.82 Å². The lowest BCUT2D eigenvalue weighted by Gasteiger charge is -2.29. The summed E-state index contributed by atoms with van der Waals surface area (Å²) in [6.07, 6.45) is 4.68. The average Bonchev–Trinajstić information content (AvgIpc) is 3.18. The molecule has 2 heterocycles. The van der Waals surface area contributed by atoms with E-state index in [1.807, 2.05) is 0 Å². The van der Waals surface area contributed by atoms with Crippen molar-refractivity contribution in [3.63, 3.8) is 0 Å². The fourth-order valence-electron chi connectivity index (χ4n) is 5.07. The van der Waals surface area contributed by atoms with E-state index in [1.54, 1.807) is 13.1 Å². The van der Waals surface area contributed by atoms with Crippen LogP contribution in [0.5, 0.6) is 0 Å². The number of nitrogens with zero attached hydrogens (tertiary/aromatic N) is 3. The van der Waals surface area contributed by atoms with Gasteiger partial charge in [0.15, 0.2) is 0 Å². The quantitative estimate of drug-likeness (QED) is 0.473. The second-order valence-corrected chi connectivity index (χ2v) is 9.20. The Hall–Kier alpha value is -3.07. The zero-order valence-electron chi connectivity index (χ0n) is 19.7. The van der Waals surface area contributed by atoms with E-state index < -0.39 is 23.0 Å². The van der Waals surface area contributed by atoms with Gasteiger partial charge in [-0.05, 0) is 37.3 Å². The van der Waals surface area contributed by atoms with Crippen molar-refractivity contribution < 1.29 is 23.5 Å². The summed E-state index contributed by atoms with van der Waals surface area (Å²) in [6, 6.07) is 5.87. The van der Waals surface area contributed by atoms with Crippen LogP contribution in [-0.2, 0) is 43.9 Å². The van der Waals surface area contributed by atoms with E-state index in [0.29, 0.717) is 0 Å². The molecule has 0 bridgehead atoms. The van der Waals surface area contributed by atoms with Crippen molar-refractivity contribution >= 4 is 17.7 Å². The van der Waals surface area contributed by atoms with Gasteiger partial charge < -0.3 is 9.64 Å². The van der Waals surface area contributed by atoms with Crippen LogP contribution < -0.4 is 0 Å². The third kappa shape index (κ3) is 4.49. The van der Waals surface area contributed by atoms with Crippen LogP contribution in [0.3, 0.4) is 0 Å². The molecule has 34 heavy (non-hydrogen) atoms. The zero-order chi connectivity index (χ0) is 24.3. The Bertz CT molecular complexity index is 1080. The van der Waals surface area contributed by atoms with Gasteiger partial charge in [-0.3, -0.25) is 24.4 Å². The number of aromatic nitrogens is 2. The number of nitrogens with one attached hydrogen (secondary N) is 1. The number of carbonyl (C=O) groups is 3. The maximum absolute atomic E-state index is 14.9. The maximum Gasteiger partial charge on any atom is 0.241 e. The zero-order valence-corrected chi connectivity index (χ0v) is 19.7. The minimum Gasteiger partial charge on any atom is -0.383 e. The molecular formula is C25H31FN4O4. The fourth-order valence-corrected chi connectivity index (χ4v) is 5.07. The third-order valence-corrected chi connectivity index (χ3v) is 6.97. The summed E-state index contributed by atoms with van der Waals surface area (Å²) in [5.74, 6) is -1.94. The summed E-state index contributed by atoms with van der Waals surface area (Å²) in [6.45, 7) is 0.518. The second-order valence-electron chi connectivity index (χ2n) is 9.20. The molecular weight excluding hydrogens is 439 g/mol. The van der Waals surface area contributed by atoms with Crippen LogP contribution in [-0.4, -0.2) is 65.0 Å². The van der Waals surface area contributed by atoms with E-state index in [9.17, 15) is 18.8 Å². The molecule has 1 aliphatic heterocycles. The molecule has 182 valence electrons. The molecule has 2 aromatic rings. The second kappa shape index (κ2) is 10.0. The average molecular weight is 471 g/mol. The largest absolute Gasteiger partial charge is 0.383 e. The molecule has 1 aromatic carbocycles. The highest BCUT2D eigenvalue weighted by Gasteiger charge is 2.54. The first kappa shape index (κ1) is 24.1. The van der Waals surface area contributed by atoms with Crippen molar-refractivity contribution in [2.75, 3.05) is 27.3 Å². The number of ether oxygens (including phenoxy) is 1. The number of amides is 3. The number of methoxy groups -OCH3 is 1. The molecule has 1 atom stereocenters. The van der Waals surface area contributed by atoms with Crippen LogP contribution in [0.1, 0.15) is 54.6 Å². The lowest BCUT2D eigenvalue weighted by molar-refractivity contribution is -0.143. The molecule has 1 N–H and O–H groups in total. The Labute approximate surface area is 198 Å². The van der Waals surface area contributed by atoms with Crippen LogP contribution in [0.2, 0.25) is 0 Å². The Morgan fingerprint density at radius 3 is 2.76 bits per heavy atom. The van der Waals surface area contributed by atoms with Gasteiger partial charge in [-0.15, -0.1) is 0 Å². The summed E-state index contributed by atoms with van der Waals surface area (Å²) >= 11 is 0. The van der Waals surface area contributed by atoms with Gasteiger partial charge in [0.2, 0.25) is 17.7 Å². The van der Waals surface area contributed by atoms with E-state index in [0.717, 1.165) is 48.4 Å². The monoisotopic (exact) mass is 470 g/mol. The summed E-state index contributed by atoms with van der Waals surface area (Å²) in [4.78, 5) is 42.3. The maximum atomic E-state index is 14.9. The Morgan fingerprint density at radius 2 is 2.00 bits per heavy atom. The SMILES string of the molecule is COCCN1C(=O)CC(CC(=O)N(C)Cc2n[nH]c3c2CCCCC3)(c2ccccc2F)C1=O. The smallest absolute Gasteiger partial charge is 0.241 e. The standard InChI is InChI=1S/C25H31FN4O4/c1-29(16-21-17-8-4-3-5-11-20(17)27-28-21)22(31)14-25(18-9-6-7-10-19(18)26)15-23(32)30(24(25)33)12-13-34-2/h6-7,9-10H,3-5,8,11-16H2,1-2H3,(H,27,28). The number of hydrogen-bond donors (Lipinski definition) is 1. The molecule has 1 aromatic heterocycles. The predicted octanol–water partition coefficient (Wildman–Crippen LogP) is 2.51. The van der Waals surface area contributed by atoms with Crippen LogP contribution in [0.25, 0.3) is 0 Å². The number of aromatic amines is 1. The van der Waals surface area contributed by atoms with Gasteiger partial charge in [-0.2, -0.15) is 5.10 Å². The number of H-pyrrole nitrogens is 1. The van der Waals surface area contributed by atoms with Gasteiger partial charge >= 0.3 is 0 Å². The minimum atomic E-state index is -1.58. The highest BCUT2D eigenvalue weighted by molar-refractivity contribution is 6.10. The Morgan fingerprint density at radius 1 is 1.24 bits per heavy atom. The topological polar surface area (TPSA) is 95.6 Å². The molecule has 1 saturated heterocycles. The number of hydrogen-bond acceptors (Lipinski definition) is 5.